The maximum absolute atomic E-state index is 12.8. The zero-order valence-electron chi connectivity index (χ0n) is 16.8. The van der Waals surface area contributed by atoms with Crippen LogP contribution in [-0.4, -0.2) is 38.8 Å². The second kappa shape index (κ2) is 7.88. The number of thiazole rings is 1. The molecule has 2 N–H and O–H groups in total. The summed E-state index contributed by atoms with van der Waals surface area (Å²) in [6.45, 7) is 4.82. The number of imidazole rings is 1. The van der Waals surface area contributed by atoms with Gasteiger partial charge in [0.25, 0.3) is 0 Å². The number of carbonyl (C=O) groups is 1. The number of anilines is 1. The summed E-state index contributed by atoms with van der Waals surface area (Å²) in [5, 5.41) is 6.37. The Morgan fingerprint density at radius 2 is 2.07 bits per heavy atom. The first-order chi connectivity index (χ1) is 14.1. The maximum Gasteiger partial charge on any atom is 0.227 e. The number of hydrogen-bond acceptors (Lipinski definition) is 5. The predicted octanol–water partition coefficient (Wildman–Crippen LogP) is 4.45. The molecule has 1 saturated heterocycles. The van der Waals surface area contributed by atoms with Gasteiger partial charge in [-0.15, -0.1) is 11.3 Å². The molecule has 0 unspecified atom stereocenters. The molecule has 0 spiro atoms. The van der Waals surface area contributed by atoms with E-state index in [0.717, 1.165) is 65.7 Å². The molecule has 1 saturated carbocycles. The van der Waals surface area contributed by atoms with Gasteiger partial charge in [-0.1, -0.05) is 6.42 Å². The van der Waals surface area contributed by atoms with Gasteiger partial charge >= 0.3 is 0 Å². The van der Waals surface area contributed by atoms with E-state index in [2.05, 4.69) is 25.6 Å². The van der Waals surface area contributed by atoms with Crippen LogP contribution in [0.4, 0.5) is 5.69 Å². The smallest absolute Gasteiger partial charge is 0.227 e. The number of rotatable bonds is 5. The Kier molecular flexibility index (Phi) is 5.09. The number of fused-ring (bicyclic) bond motifs is 1. The summed E-state index contributed by atoms with van der Waals surface area (Å²) in [6, 6.07) is 5.98. The van der Waals surface area contributed by atoms with Crippen molar-refractivity contribution in [2.24, 2.45) is 5.92 Å². The fraction of sp³-hybridized carbons (Fsp3) is 0.500. The highest BCUT2D eigenvalue weighted by Gasteiger charge is 2.26. The van der Waals surface area contributed by atoms with Crippen molar-refractivity contribution in [1.29, 1.82) is 0 Å². The molecule has 5 rings (SSSR count). The molecule has 3 heterocycles. The lowest BCUT2D eigenvalue weighted by atomic mass is 9.85. The van der Waals surface area contributed by atoms with Crippen LogP contribution in [0.3, 0.4) is 0 Å². The number of hydrogen-bond donors (Lipinski definition) is 2. The summed E-state index contributed by atoms with van der Waals surface area (Å²) < 4.78 is 0. The molecule has 2 aromatic heterocycles. The van der Waals surface area contributed by atoms with Crippen LogP contribution in [0.5, 0.6) is 0 Å². The molecule has 6 nitrogen and oxygen atoms in total. The van der Waals surface area contributed by atoms with Crippen molar-refractivity contribution in [2.75, 3.05) is 18.4 Å². The molecule has 152 valence electrons. The Labute approximate surface area is 174 Å². The van der Waals surface area contributed by atoms with Gasteiger partial charge in [-0.05, 0) is 63.9 Å². The highest BCUT2D eigenvalue weighted by molar-refractivity contribution is 7.09. The zero-order chi connectivity index (χ0) is 19.8. The van der Waals surface area contributed by atoms with E-state index in [0.29, 0.717) is 5.92 Å². The first kappa shape index (κ1) is 18.8. The predicted molar refractivity (Wildman–Crippen MR) is 116 cm³/mol. The number of aromatic amines is 1. The quantitative estimate of drug-likeness (QED) is 0.653. The minimum Gasteiger partial charge on any atom is -0.342 e. The van der Waals surface area contributed by atoms with Gasteiger partial charge in [0.05, 0.1) is 21.7 Å². The number of likely N-dealkylation sites (tertiary alicyclic amines) is 1. The van der Waals surface area contributed by atoms with E-state index >= 15 is 0 Å². The summed E-state index contributed by atoms with van der Waals surface area (Å²) in [7, 11) is 0. The van der Waals surface area contributed by atoms with Gasteiger partial charge in [-0.3, -0.25) is 9.69 Å². The molecule has 1 amide bonds. The molecule has 1 aliphatic heterocycles. The van der Waals surface area contributed by atoms with Gasteiger partial charge in [0.15, 0.2) is 0 Å². The largest absolute Gasteiger partial charge is 0.342 e. The first-order valence-electron chi connectivity index (χ1n) is 10.6. The topological polar surface area (TPSA) is 73.9 Å². The lowest BCUT2D eigenvalue weighted by Crippen LogP contribution is -2.37. The van der Waals surface area contributed by atoms with E-state index in [1.807, 2.05) is 25.1 Å². The number of nitrogens with one attached hydrogen (secondary N) is 2. The molecule has 2 fully saturated rings. The normalized spacial score (nSPS) is 18.8. The third kappa shape index (κ3) is 4.07. The molecule has 0 atom stereocenters. The van der Waals surface area contributed by atoms with Gasteiger partial charge in [0.1, 0.15) is 5.82 Å². The standard InChI is InChI=1S/C22H27N5OS/c1-14-23-18(13-29-14)12-27-9-7-16(8-10-27)22(28)24-17-5-6-19-20(11-17)26-21(25-19)15-3-2-4-15/h5-6,11,13,15-16H,2-4,7-10,12H2,1H3,(H,24,28)(H,25,26). The summed E-state index contributed by atoms with van der Waals surface area (Å²) >= 11 is 1.70. The molecule has 3 aromatic rings. The second-order valence-electron chi connectivity index (χ2n) is 8.38. The van der Waals surface area contributed by atoms with Crippen molar-refractivity contribution in [3.8, 4) is 0 Å². The molecule has 1 aromatic carbocycles. The Bertz CT molecular complexity index is 1010. The second-order valence-corrected chi connectivity index (χ2v) is 9.44. The SMILES string of the molecule is Cc1nc(CN2CCC(C(=O)Nc3ccc4nc(C5CCC5)[nH]c4c3)CC2)cs1. The van der Waals surface area contributed by atoms with Crippen LogP contribution in [0, 0.1) is 12.8 Å². The summed E-state index contributed by atoms with van der Waals surface area (Å²) in [4.78, 5) is 27.9. The van der Waals surface area contributed by atoms with E-state index in [4.69, 9.17) is 4.98 Å². The van der Waals surface area contributed by atoms with Crippen molar-refractivity contribution in [2.45, 2.75) is 51.5 Å². The van der Waals surface area contributed by atoms with Gasteiger partial charge in [0.2, 0.25) is 5.91 Å². The van der Waals surface area contributed by atoms with Gasteiger partial charge < -0.3 is 10.3 Å². The molecular formula is C22H27N5OS. The van der Waals surface area contributed by atoms with Crippen LogP contribution in [0.2, 0.25) is 0 Å². The third-order valence-electron chi connectivity index (χ3n) is 6.27. The Balaban J connectivity index is 1.17. The number of carbonyl (C=O) groups excluding carboxylic acids is 1. The van der Waals surface area contributed by atoms with Gasteiger partial charge in [-0.25, -0.2) is 9.97 Å². The monoisotopic (exact) mass is 409 g/mol. The average Bonchev–Trinajstić information content (AvgIpc) is 3.26. The van der Waals surface area contributed by atoms with Crippen molar-refractivity contribution in [3.05, 3.63) is 40.1 Å². The number of nitrogens with zero attached hydrogens (tertiary/aromatic N) is 3. The van der Waals surface area contributed by atoms with Crippen LogP contribution in [0.25, 0.3) is 11.0 Å². The number of piperidine rings is 1. The molecule has 29 heavy (non-hydrogen) atoms. The summed E-state index contributed by atoms with van der Waals surface area (Å²) in [5.41, 5.74) is 3.99. The van der Waals surface area contributed by atoms with E-state index in [-0.39, 0.29) is 11.8 Å². The van der Waals surface area contributed by atoms with Crippen molar-refractivity contribution < 1.29 is 4.79 Å². The van der Waals surface area contributed by atoms with Crippen LogP contribution >= 0.6 is 11.3 Å². The van der Waals surface area contributed by atoms with Crippen molar-refractivity contribution in [3.63, 3.8) is 0 Å². The van der Waals surface area contributed by atoms with Gasteiger partial charge in [0, 0.05) is 29.4 Å². The highest BCUT2D eigenvalue weighted by Crippen LogP contribution is 2.35. The summed E-state index contributed by atoms with van der Waals surface area (Å²) in [6.07, 6.45) is 5.54. The van der Waals surface area contributed by atoms with Gasteiger partial charge in [-0.2, -0.15) is 0 Å². The van der Waals surface area contributed by atoms with Crippen molar-refractivity contribution >= 4 is 34.0 Å². The minimum atomic E-state index is 0.0754. The number of amides is 1. The minimum absolute atomic E-state index is 0.0754. The molecule has 1 aliphatic carbocycles. The Morgan fingerprint density at radius 1 is 1.24 bits per heavy atom. The van der Waals surface area contributed by atoms with E-state index in [1.165, 1.54) is 19.3 Å². The Hall–Kier alpha value is -2.25. The molecule has 2 aliphatic rings. The number of aromatic nitrogens is 3. The Morgan fingerprint density at radius 3 is 2.76 bits per heavy atom. The third-order valence-corrected chi connectivity index (χ3v) is 7.09. The number of aryl methyl sites for hydroxylation is 1. The lowest BCUT2D eigenvalue weighted by Gasteiger charge is -2.30. The molecule has 7 heteroatoms. The molecule has 0 radical (unpaired) electrons. The maximum atomic E-state index is 12.8. The first-order valence-corrected chi connectivity index (χ1v) is 11.5. The van der Waals surface area contributed by atoms with E-state index in [9.17, 15) is 4.79 Å². The fourth-order valence-corrected chi connectivity index (χ4v) is 4.89. The molecule has 0 bridgehead atoms. The van der Waals surface area contributed by atoms with Crippen LogP contribution < -0.4 is 5.32 Å². The molecular weight excluding hydrogens is 382 g/mol. The lowest BCUT2D eigenvalue weighted by molar-refractivity contribution is -0.121. The highest BCUT2D eigenvalue weighted by atomic mass is 32.1. The van der Waals surface area contributed by atoms with Crippen LogP contribution in [-0.2, 0) is 11.3 Å². The van der Waals surface area contributed by atoms with E-state index < -0.39 is 0 Å². The van der Waals surface area contributed by atoms with Crippen LogP contribution in [0.1, 0.15) is 54.5 Å². The zero-order valence-corrected chi connectivity index (χ0v) is 17.6. The number of benzene rings is 1. The van der Waals surface area contributed by atoms with E-state index in [1.54, 1.807) is 11.3 Å². The van der Waals surface area contributed by atoms with Crippen molar-refractivity contribution in [1.82, 2.24) is 19.9 Å². The fourth-order valence-electron chi connectivity index (χ4n) is 4.29. The average molecular weight is 410 g/mol. The van der Waals surface area contributed by atoms with Crippen LogP contribution in [0.15, 0.2) is 23.6 Å². The number of H-pyrrole nitrogens is 1. The summed E-state index contributed by atoms with van der Waals surface area (Å²) in [5.74, 6) is 1.88.